The highest BCUT2D eigenvalue weighted by molar-refractivity contribution is 5.95. The third-order valence-electron chi connectivity index (χ3n) is 8.25. The predicted octanol–water partition coefficient (Wildman–Crippen LogP) is 4.88. The SMILES string of the molecule is CCCCN1CC(C(O)Nc2cc(C(=O)N3CCC(c4ccc(-c5cnn(C)c5)cc4)CC3)ccc2C)C1. The molecule has 1 aromatic heterocycles. The van der Waals surface area contributed by atoms with Crippen LogP contribution in [0.25, 0.3) is 11.1 Å². The molecule has 1 unspecified atom stereocenters. The molecular formula is C31H41N5O2. The van der Waals surface area contributed by atoms with Crippen molar-refractivity contribution in [3.05, 3.63) is 71.5 Å². The zero-order valence-corrected chi connectivity index (χ0v) is 22.9. The summed E-state index contributed by atoms with van der Waals surface area (Å²) in [6, 6.07) is 14.6. The molecule has 5 rings (SSSR count). The number of piperidine rings is 1. The number of carbonyl (C=O) groups excluding carboxylic acids is 1. The Balaban J connectivity index is 1.15. The third kappa shape index (κ3) is 5.94. The van der Waals surface area contributed by atoms with E-state index < -0.39 is 6.23 Å². The normalized spacial score (nSPS) is 17.8. The molecule has 2 N–H and O–H groups in total. The Hall–Kier alpha value is -3.16. The molecule has 2 fully saturated rings. The summed E-state index contributed by atoms with van der Waals surface area (Å²) in [6.45, 7) is 8.68. The van der Waals surface area contributed by atoms with Gasteiger partial charge in [0.15, 0.2) is 0 Å². The van der Waals surface area contributed by atoms with E-state index in [2.05, 4.69) is 46.5 Å². The van der Waals surface area contributed by atoms with Crippen molar-refractivity contribution in [1.82, 2.24) is 19.6 Å². The minimum atomic E-state index is -0.600. The van der Waals surface area contributed by atoms with Gasteiger partial charge < -0.3 is 20.2 Å². The lowest BCUT2D eigenvalue weighted by atomic mass is 9.88. The summed E-state index contributed by atoms with van der Waals surface area (Å²) in [7, 11) is 1.93. The highest BCUT2D eigenvalue weighted by Gasteiger charge is 2.32. The van der Waals surface area contributed by atoms with Gasteiger partial charge in [0, 0.05) is 62.2 Å². The average Bonchev–Trinajstić information content (AvgIpc) is 3.35. The number of aryl methyl sites for hydroxylation is 2. The predicted molar refractivity (Wildman–Crippen MR) is 152 cm³/mol. The molecule has 0 bridgehead atoms. The quantitative estimate of drug-likeness (QED) is 0.398. The van der Waals surface area contributed by atoms with Gasteiger partial charge in [0.25, 0.3) is 5.91 Å². The first-order chi connectivity index (χ1) is 18.4. The van der Waals surface area contributed by atoms with E-state index in [1.807, 2.05) is 54.1 Å². The molecule has 2 aliphatic rings. The Bertz CT molecular complexity index is 1220. The second-order valence-corrected chi connectivity index (χ2v) is 11.1. The largest absolute Gasteiger partial charge is 0.373 e. The number of carbonyl (C=O) groups is 1. The van der Waals surface area contributed by atoms with Crippen LogP contribution in [0.15, 0.2) is 54.9 Å². The van der Waals surface area contributed by atoms with Gasteiger partial charge in [-0.15, -0.1) is 0 Å². The number of unbranched alkanes of at least 4 members (excludes halogenated alkanes) is 1. The van der Waals surface area contributed by atoms with Crippen molar-refractivity contribution in [3.63, 3.8) is 0 Å². The lowest BCUT2D eigenvalue weighted by Crippen LogP contribution is -2.54. The summed E-state index contributed by atoms with van der Waals surface area (Å²) in [5.74, 6) is 0.761. The molecule has 0 aliphatic carbocycles. The van der Waals surface area contributed by atoms with Crippen molar-refractivity contribution in [3.8, 4) is 11.1 Å². The van der Waals surface area contributed by atoms with Crippen molar-refractivity contribution in [2.75, 3.05) is 38.0 Å². The van der Waals surface area contributed by atoms with Crippen molar-refractivity contribution in [2.24, 2.45) is 13.0 Å². The Morgan fingerprint density at radius 1 is 1.11 bits per heavy atom. The number of rotatable bonds is 9. The fourth-order valence-corrected chi connectivity index (χ4v) is 5.68. The standard InChI is InChI=1S/C31H41N5O2/c1-4-5-14-35-20-28(21-35)30(37)33-29-17-26(7-6-22(29)2)31(38)36-15-12-25(13-16-36)23-8-10-24(11-9-23)27-18-32-34(3)19-27/h6-11,17-19,25,28,30,33,37H,4-5,12-16,20-21H2,1-3H3. The van der Waals surface area contributed by atoms with E-state index in [0.29, 0.717) is 11.5 Å². The topological polar surface area (TPSA) is 73.6 Å². The summed E-state index contributed by atoms with van der Waals surface area (Å²) in [4.78, 5) is 17.7. The number of likely N-dealkylation sites (tertiary alicyclic amines) is 2. The average molecular weight is 516 g/mol. The Morgan fingerprint density at radius 3 is 2.50 bits per heavy atom. The monoisotopic (exact) mass is 515 g/mol. The molecule has 38 heavy (non-hydrogen) atoms. The maximum Gasteiger partial charge on any atom is 0.253 e. The first kappa shape index (κ1) is 26.4. The van der Waals surface area contributed by atoms with Gasteiger partial charge in [0.1, 0.15) is 6.23 Å². The zero-order valence-electron chi connectivity index (χ0n) is 22.9. The van der Waals surface area contributed by atoms with Crippen molar-refractivity contribution in [2.45, 2.75) is 51.7 Å². The Kier molecular flexibility index (Phi) is 8.15. The molecular weight excluding hydrogens is 474 g/mol. The van der Waals surface area contributed by atoms with Gasteiger partial charge in [-0.05, 0) is 67.5 Å². The van der Waals surface area contributed by atoms with Crippen LogP contribution >= 0.6 is 0 Å². The van der Waals surface area contributed by atoms with E-state index >= 15 is 0 Å². The van der Waals surface area contributed by atoms with Crippen LogP contribution in [0, 0.1) is 12.8 Å². The molecule has 2 aromatic carbocycles. The molecule has 7 heteroatoms. The maximum absolute atomic E-state index is 13.4. The van der Waals surface area contributed by atoms with E-state index in [-0.39, 0.29) is 11.8 Å². The van der Waals surface area contributed by atoms with Crippen molar-refractivity contribution >= 4 is 11.6 Å². The Labute approximate surface area is 226 Å². The van der Waals surface area contributed by atoms with Crippen molar-refractivity contribution < 1.29 is 9.90 Å². The van der Waals surface area contributed by atoms with Crippen LogP contribution in [0.5, 0.6) is 0 Å². The number of hydrogen-bond acceptors (Lipinski definition) is 5. The molecule has 3 heterocycles. The second kappa shape index (κ2) is 11.7. The highest BCUT2D eigenvalue weighted by atomic mass is 16.3. The minimum absolute atomic E-state index is 0.0716. The summed E-state index contributed by atoms with van der Waals surface area (Å²) >= 11 is 0. The molecule has 1 amide bonds. The lowest BCUT2D eigenvalue weighted by Gasteiger charge is -2.42. The van der Waals surface area contributed by atoms with Gasteiger partial charge in [0.05, 0.1) is 6.20 Å². The van der Waals surface area contributed by atoms with E-state index in [1.165, 1.54) is 24.0 Å². The van der Waals surface area contributed by atoms with Crippen LogP contribution in [0.3, 0.4) is 0 Å². The maximum atomic E-state index is 13.4. The zero-order chi connectivity index (χ0) is 26.6. The molecule has 3 aromatic rings. The van der Waals surface area contributed by atoms with Gasteiger partial charge >= 0.3 is 0 Å². The third-order valence-corrected chi connectivity index (χ3v) is 8.25. The van der Waals surface area contributed by atoms with Crippen LogP contribution in [0.4, 0.5) is 5.69 Å². The number of hydrogen-bond donors (Lipinski definition) is 2. The van der Waals surface area contributed by atoms with Gasteiger partial charge in [0.2, 0.25) is 0 Å². The molecule has 0 radical (unpaired) electrons. The van der Waals surface area contributed by atoms with Gasteiger partial charge in [-0.2, -0.15) is 5.10 Å². The number of benzene rings is 2. The van der Waals surface area contributed by atoms with Crippen LogP contribution in [-0.4, -0.2) is 69.5 Å². The molecule has 1 atom stereocenters. The highest BCUT2D eigenvalue weighted by Crippen LogP contribution is 2.31. The number of nitrogens with zero attached hydrogens (tertiary/aromatic N) is 4. The van der Waals surface area contributed by atoms with E-state index in [9.17, 15) is 9.90 Å². The molecule has 2 aliphatic heterocycles. The minimum Gasteiger partial charge on any atom is -0.373 e. The number of nitrogens with one attached hydrogen (secondary N) is 1. The fraction of sp³-hybridized carbons (Fsp3) is 0.484. The fourth-order valence-electron chi connectivity index (χ4n) is 5.68. The Morgan fingerprint density at radius 2 is 1.84 bits per heavy atom. The summed E-state index contributed by atoms with van der Waals surface area (Å²) < 4.78 is 1.82. The van der Waals surface area contributed by atoms with Gasteiger partial charge in [-0.25, -0.2) is 0 Å². The number of aliphatic hydroxyl groups is 1. The van der Waals surface area contributed by atoms with E-state index in [4.69, 9.17) is 0 Å². The molecule has 2 saturated heterocycles. The molecule has 0 spiro atoms. The summed E-state index contributed by atoms with van der Waals surface area (Å²) in [5.41, 5.74) is 6.21. The lowest BCUT2D eigenvalue weighted by molar-refractivity contribution is 0.00980. The first-order valence-corrected chi connectivity index (χ1v) is 14.1. The molecule has 7 nitrogen and oxygen atoms in total. The summed E-state index contributed by atoms with van der Waals surface area (Å²) in [6.07, 6.45) is 7.64. The smallest absolute Gasteiger partial charge is 0.253 e. The van der Waals surface area contributed by atoms with Crippen LogP contribution < -0.4 is 5.32 Å². The molecule has 0 saturated carbocycles. The number of anilines is 1. The molecule has 202 valence electrons. The van der Waals surface area contributed by atoms with Gasteiger partial charge in [-0.1, -0.05) is 43.7 Å². The van der Waals surface area contributed by atoms with E-state index in [0.717, 1.165) is 62.4 Å². The van der Waals surface area contributed by atoms with Crippen molar-refractivity contribution in [1.29, 1.82) is 0 Å². The number of aromatic nitrogens is 2. The van der Waals surface area contributed by atoms with Crippen LogP contribution in [-0.2, 0) is 7.05 Å². The number of aliphatic hydroxyl groups excluding tert-OH is 1. The van der Waals surface area contributed by atoms with Crippen LogP contribution in [0.2, 0.25) is 0 Å². The van der Waals surface area contributed by atoms with E-state index in [1.54, 1.807) is 0 Å². The summed E-state index contributed by atoms with van der Waals surface area (Å²) in [5, 5.41) is 18.3. The number of amides is 1. The second-order valence-electron chi connectivity index (χ2n) is 11.1. The first-order valence-electron chi connectivity index (χ1n) is 14.1. The van der Waals surface area contributed by atoms with Gasteiger partial charge in [-0.3, -0.25) is 9.48 Å². The van der Waals surface area contributed by atoms with Crippen LogP contribution in [0.1, 0.15) is 60.0 Å².